The third-order valence-corrected chi connectivity index (χ3v) is 1.64. The second kappa shape index (κ2) is 4.27. The lowest BCUT2D eigenvalue weighted by molar-refractivity contribution is 0.134. The molecule has 0 spiro atoms. The zero-order valence-corrected chi connectivity index (χ0v) is 7.24. The third-order valence-electron chi connectivity index (χ3n) is 1.64. The van der Waals surface area contributed by atoms with Gasteiger partial charge in [0, 0.05) is 6.54 Å². The van der Waals surface area contributed by atoms with E-state index in [0.717, 1.165) is 4.68 Å². The van der Waals surface area contributed by atoms with Crippen molar-refractivity contribution in [1.29, 1.82) is 0 Å². The minimum absolute atomic E-state index is 0.0385. The number of nitrogens with zero attached hydrogens (tertiary/aromatic N) is 3. The summed E-state index contributed by atoms with van der Waals surface area (Å²) in [6, 6.07) is 0. The van der Waals surface area contributed by atoms with E-state index in [0.29, 0.717) is 13.0 Å². The van der Waals surface area contributed by atoms with Gasteiger partial charge in [0.15, 0.2) is 0 Å². The van der Waals surface area contributed by atoms with Crippen LogP contribution in [0.2, 0.25) is 0 Å². The summed E-state index contributed by atoms with van der Waals surface area (Å²) < 4.78 is 26.0. The first-order chi connectivity index (χ1) is 6.20. The summed E-state index contributed by atoms with van der Waals surface area (Å²) in [5.74, 6) is 0. The van der Waals surface area contributed by atoms with Gasteiger partial charge < -0.3 is 5.11 Å². The molecule has 0 aliphatic heterocycles. The maximum Gasteiger partial charge on any atom is 0.282 e. The van der Waals surface area contributed by atoms with Crippen molar-refractivity contribution in [1.82, 2.24) is 15.0 Å². The molecule has 0 amide bonds. The molecular weight excluding hydrogens is 180 g/mol. The molecular formula is C7H11F2N3O. The van der Waals surface area contributed by atoms with Crippen LogP contribution >= 0.6 is 0 Å². The largest absolute Gasteiger partial charge is 0.390 e. The van der Waals surface area contributed by atoms with Gasteiger partial charge in [0.25, 0.3) is 6.43 Å². The van der Waals surface area contributed by atoms with Gasteiger partial charge in [-0.2, -0.15) is 0 Å². The van der Waals surface area contributed by atoms with Crippen molar-refractivity contribution < 1.29 is 13.9 Å². The van der Waals surface area contributed by atoms with Gasteiger partial charge in [-0.1, -0.05) is 12.1 Å². The molecule has 1 N–H and O–H groups in total. The molecule has 1 rings (SSSR count). The van der Waals surface area contributed by atoms with Crippen LogP contribution in [0.5, 0.6) is 0 Å². The molecule has 0 aromatic carbocycles. The van der Waals surface area contributed by atoms with Crippen LogP contribution in [0.25, 0.3) is 0 Å². The van der Waals surface area contributed by atoms with Crippen molar-refractivity contribution in [2.75, 3.05) is 0 Å². The normalized spacial score (nSPS) is 11.2. The number of alkyl halides is 2. The van der Waals surface area contributed by atoms with Crippen molar-refractivity contribution >= 4 is 0 Å². The summed E-state index contributed by atoms with van der Waals surface area (Å²) in [6.07, 6.45) is -1.93. The maximum absolute atomic E-state index is 12.4. The minimum atomic E-state index is -2.64. The third kappa shape index (κ3) is 2.00. The molecule has 0 unspecified atom stereocenters. The Morgan fingerprint density at radius 1 is 1.54 bits per heavy atom. The summed E-state index contributed by atoms with van der Waals surface area (Å²) in [5.41, 5.74) is -0.312. The quantitative estimate of drug-likeness (QED) is 0.775. The second-order valence-corrected chi connectivity index (χ2v) is 2.60. The molecule has 4 nitrogen and oxygen atoms in total. The number of aliphatic hydroxyl groups is 1. The van der Waals surface area contributed by atoms with Crippen molar-refractivity contribution in [3.05, 3.63) is 11.4 Å². The summed E-state index contributed by atoms with van der Waals surface area (Å²) in [5, 5.41) is 15.7. The van der Waals surface area contributed by atoms with Gasteiger partial charge >= 0.3 is 0 Å². The summed E-state index contributed by atoms with van der Waals surface area (Å²) >= 11 is 0. The topological polar surface area (TPSA) is 50.9 Å². The van der Waals surface area contributed by atoms with Crippen LogP contribution in [0.3, 0.4) is 0 Å². The van der Waals surface area contributed by atoms with E-state index >= 15 is 0 Å². The lowest BCUT2D eigenvalue weighted by atomic mass is 10.3. The number of halogens is 2. The molecule has 13 heavy (non-hydrogen) atoms. The fraction of sp³-hybridized carbons (Fsp3) is 0.714. The van der Waals surface area contributed by atoms with Crippen LogP contribution in [0.15, 0.2) is 0 Å². The molecule has 1 aromatic rings. The predicted molar refractivity (Wildman–Crippen MR) is 41.2 cm³/mol. The molecule has 74 valence electrons. The molecule has 0 aliphatic carbocycles. The average molecular weight is 191 g/mol. The predicted octanol–water partition coefficient (Wildman–Crippen LogP) is 1.12. The number of aryl methyl sites for hydroxylation is 1. The smallest absolute Gasteiger partial charge is 0.282 e. The Balaban J connectivity index is 2.99. The molecule has 0 radical (unpaired) electrons. The van der Waals surface area contributed by atoms with Crippen LogP contribution in [0.1, 0.15) is 31.2 Å². The van der Waals surface area contributed by atoms with E-state index in [-0.39, 0.29) is 11.4 Å². The van der Waals surface area contributed by atoms with E-state index in [4.69, 9.17) is 5.11 Å². The zero-order chi connectivity index (χ0) is 9.84. The van der Waals surface area contributed by atoms with Crippen molar-refractivity contribution in [2.24, 2.45) is 0 Å². The van der Waals surface area contributed by atoms with Gasteiger partial charge in [0.1, 0.15) is 11.4 Å². The van der Waals surface area contributed by atoms with E-state index in [9.17, 15) is 8.78 Å². The molecule has 0 aliphatic rings. The van der Waals surface area contributed by atoms with Crippen LogP contribution < -0.4 is 0 Å². The number of hydrogen-bond donors (Lipinski definition) is 1. The summed E-state index contributed by atoms with van der Waals surface area (Å²) in [4.78, 5) is 0. The van der Waals surface area contributed by atoms with Gasteiger partial charge in [-0.25, -0.2) is 13.5 Å². The minimum Gasteiger partial charge on any atom is -0.390 e. The fourth-order valence-corrected chi connectivity index (χ4v) is 1.08. The zero-order valence-electron chi connectivity index (χ0n) is 7.24. The van der Waals surface area contributed by atoms with Gasteiger partial charge in [-0.05, 0) is 6.42 Å². The SMILES string of the molecule is CCCn1nnc(CO)c1C(F)F. The van der Waals surface area contributed by atoms with Gasteiger partial charge in [-0.15, -0.1) is 5.10 Å². The Labute approximate surface area is 74.2 Å². The molecule has 1 heterocycles. The van der Waals surface area contributed by atoms with Crippen molar-refractivity contribution in [3.63, 3.8) is 0 Å². The highest BCUT2D eigenvalue weighted by Crippen LogP contribution is 2.21. The van der Waals surface area contributed by atoms with Crippen LogP contribution in [0.4, 0.5) is 8.78 Å². The highest BCUT2D eigenvalue weighted by Gasteiger charge is 2.20. The molecule has 6 heteroatoms. The van der Waals surface area contributed by atoms with Gasteiger partial charge in [0.2, 0.25) is 0 Å². The Kier molecular flexibility index (Phi) is 3.30. The maximum atomic E-state index is 12.4. The number of hydrogen-bond acceptors (Lipinski definition) is 3. The second-order valence-electron chi connectivity index (χ2n) is 2.60. The van der Waals surface area contributed by atoms with Crippen LogP contribution in [-0.2, 0) is 13.2 Å². The standard InChI is InChI=1S/C7H11F2N3O/c1-2-3-12-6(7(8)9)5(4-13)10-11-12/h7,13H,2-4H2,1H3. The van der Waals surface area contributed by atoms with E-state index in [2.05, 4.69) is 10.3 Å². The number of aromatic nitrogens is 3. The fourth-order valence-electron chi connectivity index (χ4n) is 1.08. The average Bonchev–Trinajstić information content (AvgIpc) is 2.48. The molecule has 1 aromatic heterocycles. The Hall–Kier alpha value is -1.04. The van der Waals surface area contributed by atoms with Crippen LogP contribution in [-0.4, -0.2) is 20.1 Å². The first-order valence-electron chi connectivity index (χ1n) is 4.02. The molecule has 0 bridgehead atoms. The molecule has 0 saturated heterocycles. The molecule has 0 atom stereocenters. The number of rotatable bonds is 4. The highest BCUT2D eigenvalue weighted by atomic mass is 19.3. The lowest BCUT2D eigenvalue weighted by Gasteiger charge is -2.03. The molecule has 0 fully saturated rings. The van der Waals surface area contributed by atoms with E-state index in [1.54, 1.807) is 0 Å². The van der Waals surface area contributed by atoms with E-state index < -0.39 is 13.0 Å². The Morgan fingerprint density at radius 3 is 2.69 bits per heavy atom. The Morgan fingerprint density at radius 2 is 2.23 bits per heavy atom. The summed E-state index contributed by atoms with van der Waals surface area (Å²) in [6.45, 7) is 1.76. The van der Waals surface area contributed by atoms with Gasteiger partial charge in [0.05, 0.1) is 6.61 Å². The number of aliphatic hydroxyl groups excluding tert-OH is 1. The molecule has 0 saturated carbocycles. The van der Waals surface area contributed by atoms with Crippen molar-refractivity contribution in [3.8, 4) is 0 Å². The monoisotopic (exact) mass is 191 g/mol. The van der Waals surface area contributed by atoms with Gasteiger partial charge in [-0.3, -0.25) is 0 Å². The highest BCUT2D eigenvalue weighted by molar-refractivity contribution is 5.10. The lowest BCUT2D eigenvalue weighted by Crippen LogP contribution is -2.06. The summed E-state index contributed by atoms with van der Waals surface area (Å²) in [7, 11) is 0. The first-order valence-corrected chi connectivity index (χ1v) is 4.02. The van der Waals surface area contributed by atoms with Crippen LogP contribution in [0, 0.1) is 0 Å². The van der Waals surface area contributed by atoms with E-state index in [1.165, 1.54) is 0 Å². The Bertz CT molecular complexity index is 275. The van der Waals surface area contributed by atoms with E-state index in [1.807, 2.05) is 6.92 Å². The first kappa shape index (κ1) is 10.0. The van der Waals surface area contributed by atoms with Crippen molar-refractivity contribution in [2.45, 2.75) is 32.9 Å².